The highest BCUT2D eigenvalue weighted by molar-refractivity contribution is 5.71. The second-order valence-electron chi connectivity index (χ2n) is 19.9. The first kappa shape index (κ1) is 66.9. The number of carbonyl (C=O) groups excluding carboxylic acids is 3. The molecule has 0 radical (unpaired) electrons. The predicted molar refractivity (Wildman–Crippen MR) is 302 cm³/mol. The zero-order valence-corrected chi connectivity index (χ0v) is 46.3. The summed E-state index contributed by atoms with van der Waals surface area (Å²) in [5.41, 5.74) is 0. The van der Waals surface area contributed by atoms with E-state index in [-0.39, 0.29) is 31.1 Å². The molecule has 0 bridgehead atoms. The van der Waals surface area contributed by atoms with Gasteiger partial charge < -0.3 is 14.2 Å². The number of rotatable bonds is 54. The number of hydrogen-bond acceptors (Lipinski definition) is 6. The van der Waals surface area contributed by atoms with Gasteiger partial charge in [0.1, 0.15) is 13.2 Å². The molecule has 1 unspecified atom stereocenters. The second-order valence-corrected chi connectivity index (χ2v) is 19.9. The van der Waals surface area contributed by atoms with Crippen molar-refractivity contribution >= 4 is 17.9 Å². The van der Waals surface area contributed by atoms with Crippen molar-refractivity contribution in [3.05, 3.63) is 72.9 Å². The first-order chi connectivity index (χ1) is 34.5. The Morgan fingerprint density at radius 2 is 0.586 bits per heavy atom. The molecular formula is C64H112O6. The van der Waals surface area contributed by atoms with E-state index in [4.69, 9.17) is 14.2 Å². The third kappa shape index (κ3) is 55.8. The maximum Gasteiger partial charge on any atom is 0.306 e. The minimum absolute atomic E-state index is 0.0871. The summed E-state index contributed by atoms with van der Waals surface area (Å²) in [6.45, 7) is 6.46. The average Bonchev–Trinajstić information content (AvgIpc) is 3.36. The van der Waals surface area contributed by atoms with E-state index in [2.05, 4.69) is 93.7 Å². The van der Waals surface area contributed by atoms with Gasteiger partial charge in [-0.2, -0.15) is 0 Å². The highest BCUT2D eigenvalue weighted by atomic mass is 16.6. The van der Waals surface area contributed by atoms with E-state index in [1.807, 2.05) is 0 Å². The molecular weight excluding hydrogens is 865 g/mol. The lowest BCUT2D eigenvalue weighted by Crippen LogP contribution is -2.30. The van der Waals surface area contributed by atoms with Gasteiger partial charge in [-0.15, -0.1) is 0 Å². The van der Waals surface area contributed by atoms with Crippen molar-refractivity contribution in [2.45, 2.75) is 303 Å². The van der Waals surface area contributed by atoms with Crippen molar-refractivity contribution in [1.82, 2.24) is 0 Å². The molecule has 0 aliphatic carbocycles. The van der Waals surface area contributed by atoms with E-state index < -0.39 is 6.10 Å². The molecule has 0 saturated carbocycles. The van der Waals surface area contributed by atoms with E-state index in [9.17, 15) is 14.4 Å². The summed E-state index contributed by atoms with van der Waals surface area (Å²) >= 11 is 0. The summed E-state index contributed by atoms with van der Waals surface area (Å²) in [5, 5.41) is 0. The van der Waals surface area contributed by atoms with Gasteiger partial charge >= 0.3 is 17.9 Å². The van der Waals surface area contributed by atoms with E-state index in [0.29, 0.717) is 19.3 Å². The van der Waals surface area contributed by atoms with Crippen molar-refractivity contribution in [2.75, 3.05) is 13.2 Å². The number of carbonyl (C=O) groups is 3. The van der Waals surface area contributed by atoms with Gasteiger partial charge in [0.05, 0.1) is 0 Å². The number of allylic oxidation sites excluding steroid dienone is 12. The molecule has 0 heterocycles. The maximum absolute atomic E-state index is 12.8. The Bertz CT molecular complexity index is 1310. The van der Waals surface area contributed by atoms with Crippen LogP contribution in [0.25, 0.3) is 0 Å². The molecule has 0 aromatic carbocycles. The van der Waals surface area contributed by atoms with E-state index in [0.717, 1.165) is 109 Å². The average molecular weight is 978 g/mol. The third-order valence-electron chi connectivity index (χ3n) is 12.9. The fourth-order valence-electron chi connectivity index (χ4n) is 8.43. The molecule has 404 valence electrons. The molecule has 1 atom stereocenters. The summed E-state index contributed by atoms with van der Waals surface area (Å²) in [6.07, 6.45) is 74.9. The zero-order chi connectivity index (χ0) is 50.7. The number of hydrogen-bond donors (Lipinski definition) is 0. The van der Waals surface area contributed by atoms with Gasteiger partial charge in [-0.1, -0.05) is 248 Å². The first-order valence-electron chi connectivity index (χ1n) is 29.9. The molecule has 0 N–H and O–H groups in total. The van der Waals surface area contributed by atoms with Crippen LogP contribution in [-0.2, 0) is 28.6 Å². The van der Waals surface area contributed by atoms with Crippen LogP contribution >= 0.6 is 0 Å². The van der Waals surface area contributed by atoms with Crippen molar-refractivity contribution in [1.29, 1.82) is 0 Å². The third-order valence-corrected chi connectivity index (χ3v) is 12.9. The van der Waals surface area contributed by atoms with Crippen LogP contribution in [0.4, 0.5) is 0 Å². The lowest BCUT2D eigenvalue weighted by molar-refractivity contribution is -0.167. The van der Waals surface area contributed by atoms with Crippen LogP contribution < -0.4 is 0 Å². The minimum Gasteiger partial charge on any atom is -0.462 e. The van der Waals surface area contributed by atoms with Crippen LogP contribution in [0.2, 0.25) is 0 Å². The van der Waals surface area contributed by atoms with Crippen LogP contribution in [0.3, 0.4) is 0 Å². The SMILES string of the molecule is CC/C=C\C/C=C\C/C=C\C/C=C\CCCCCCC(=O)OC(COC(=O)CCCCCCC/C=C\CCC)COC(=O)CCCCCCCCCCCCCCC/C=C\CCCCCCCCCC. The first-order valence-corrected chi connectivity index (χ1v) is 29.9. The van der Waals surface area contributed by atoms with Crippen LogP contribution in [0.5, 0.6) is 0 Å². The molecule has 70 heavy (non-hydrogen) atoms. The number of esters is 3. The standard InChI is InChI=1S/C64H112O6/c1-4-7-10-13-16-19-22-24-26-28-29-30-31-32-33-34-35-37-38-40-42-45-48-51-54-57-63(66)69-60-61(59-68-62(65)56-53-50-47-44-21-18-15-12-9-6-3)70-64(67)58-55-52-49-46-43-41-39-36-27-25-23-20-17-14-11-8-5-2/h8,11-12,15,17,20,25,27-29,39,41,61H,4-7,9-10,13-14,16,18-19,21-24,26,30-38,40,42-60H2,1-3H3/b11-8-,15-12-,20-17-,27-25-,29-28-,41-39-. The largest absolute Gasteiger partial charge is 0.462 e. The Balaban J connectivity index is 4.25. The van der Waals surface area contributed by atoms with Crippen molar-refractivity contribution < 1.29 is 28.6 Å². The molecule has 0 aromatic heterocycles. The summed E-state index contributed by atoms with van der Waals surface area (Å²) in [4.78, 5) is 38.1. The Morgan fingerprint density at radius 1 is 0.300 bits per heavy atom. The fourth-order valence-corrected chi connectivity index (χ4v) is 8.43. The Labute approximate surface area is 433 Å². The van der Waals surface area contributed by atoms with Crippen molar-refractivity contribution in [3.63, 3.8) is 0 Å². The van der Waals surface area contributed by atoms with E-state index in [1.54, 1.807) is 0 Å². The van der Waals surface area contributed by atoms with Gasteiger partial charge in [0, 0.05) is 19.3 Å². The topological polar surface area (TPSA) is 78.9 Å². The lowest BCUT2D eigenvalue weighted by atomic mass is 10.0. The number of unbranched alkanes of at least 4 members (excludes halogenated alkanes) is 31. The Morgan fingerprint density at radius 3 is 0.943 bits per heavy atom. The molecule has 0 saturated heterocycles. The molecule has 0 aromatic rings. The Kier molecular flexibility index (Phi) is 55.8. The van der Waals surface area contributed by atoms with Crippen molar-refractivity contribution in [3.8, 4) is 0 Å². The predicted octanol–water partition coefficient (Wildman–Crippen LogP) is 20.2. The number of ether oxygens (including phenoxy) is 3. The maximum atomic E-state index is 12.8. The van der Waals surface area contributed by atoms with Gasteiger partial charge in [-0.05, 0) is 103 Å². The fraction of sp³-hybridized carbons (Fsp3) is 0.766. The minimum atomic E-state index is -0.791. The summed E-state index contributed by atoms with van der Waals surface area (Å²) in [5.74, 6) is -0.915. The molecule has 6 heteroatoms. The van der Waals surface area contributed by atoms with Crippen LogP contribution in [0.15, 0.2) is 72.9 Å². The van der Waals surface area contributed by atoms with Gasteiger partial charge in [0.2, 0.25) is 0 Å². The Hall–Kier alpha value is -3.15. The van der Waals surface area contributed by atoms with Gasteiger partial charge in [0.15, 0.2) is 6.10 Å². The summed E-state index contributed by atoms with van der Waals surface area (Å²) in [6, 6.07) is 0. The van der Waals surface area contributed by atoms with E-state index >= 15 is 0 Å². The van der Waals surface area contributed by atoms with E-state index in [1.165, 1.54) is 148 Å². The molecule has 0 fully saturated rings. The van der Waals surface area contributed by atoms with Crippen LogP contribution in [0.1, 0.15) is 297 Å². The summed E-state index contributed by atoms with van der Waals surface area (Å²) < 4.78 is 16.8. The quantitative estimate of drug-likeness (QED) is 0.0261. The lowest BCUT2D eigenvalue weighted by Gasteiger charge is -2.18. The highest BCUT2D eigenvalue weighted by Crippen LogP contribution is 2.16. The smallest absolute Gasteiger partial charge is 0.306 e. The van der Waals surface area contributed by atoms with Crippen LogP contribution in [-0.4, -0.2) is 37.2 Å². The molecule has 0 spiro atoms. The molecule has 6 nitrogen and oxygen atoms in total. The molecule has 0 rings (SSSR count). The highest BCUT2D eigenvalue weighted by Gasteiger charge is 2.19. The normalized spacial score (nSPS) is 12.6. The molecule has 0 amide bonds. The molecule has 0 aliphatic rings. The monoisotopic (exact) mass is 977 g/mol. The summed E-state index contributed by atoms with van der Waals surface area (Å²) in [7, 11) is 0. The molecule has 0 aliphatic heterocycles. The second kappa shape index (κ2) is 58.4. The van der Waals surface area contributed by atoms with Gasteiger partial charge in [-0.3, -0.25) is 14.4 Å². The van der Waals surface area contributed by atoms with Crippen molar-refractivity contribution in [2.24, 2.45) is 0 Å². The zero-order valence-electron chi connectivity index (χ0n) is 46.3. The van der Waals surface area contributed by atoms with Gasteiger partial charge in [0.25, 0.3) is 0 Å². The van der Waals surface area contributed by atoms with Gasteiger partial charge in [-0.25, -0.2) is 0 Å². The van der Waals surface area contributed by atoms with Crippen LogP contribution in [0, 0.1) is 0 Å².